The van der Waals surface area contributed by atoms with E-state index in [2.05, 4.69) is 11.9 Å². The molecule has 1 N–H and O–H groups in total. The highest BCUT2D eigenvalue weighted by atomic mass is 35.5. The van der Waals surface area contributed by atoms with Gasteiger partial charge in [0.25, 0.3) is 5.91 Å². The van der Waals surface area contributed by atoms with E-state index in [1.165, 1.54) is 12.8 Å². The molecule has 1 aliphatic heterocycles. The van der Waals surface area contributed by atoms with Crippen LogP contribution in [-0.4, -0.2) is 50.7 Å². The number of methoxy groups -OCH3 is 2. The number of halogens is 1. The van der Waals surface area contributed by atoms with E-state index < -0.39 is 0 Å². The van der Waals surface area contributed by atoms with Crippen LogP contribution in [0.4, 0.5) is 0 Å². The number of carbonyl (C=O) groups is 1. The second-order valence-electron chi connectivity index (χ2n) is 7.28. The van der Waals surface area contributed by atoms with Gasteiger partial charge in [0.2, 0.25) is 0 Å². The van der Waals surface area contributed by atoms with Gasteiger partial charge in [-0.05, 0) is 56.7 Å². The average molecular weight is 395 g/mol. The van der Waals surface area contributed by atoms with E-state index in [-0.39, 0.29) is 18.3 Å². The fourth-order valence-corrected chi connectivity index (χ4v) is 3.60. The first-order valence-corrected chi connectivity index (χ1v) is 9.54. The van der Waals surface area contributed by atoms with Crippen molar-refractivity contribution in [1.82, 2.24) is 10.2 Å². The summed E-state index contributed by atoms with van der Waals surface area (Å²) in [6.45, 7) is 6.53. The Balaban J connectivity index is 0.00000261. The van der Waals surface area contributed by atoms with Crippen LogP contribution in [0.15, 0.2) is 24.8 Å². The SMILES string of the molecule is C=CCc1cc(C(=O)N2CCC(NCC3CC3)CC2)cc(OC)c1OC.Cl. The molecular formula is C21H31ClN2O3. The van der Waals surface area contributed by atoms with Gasteiger partial charge in [0.15, 0.2) is 11.5 Å². The maximum Gasteiger partial charge on any atom is 0.254 e. The van der Waals surface area contributed by atoms with Crippen LogP contribution in [0.2, 0.25) is 0 Å². The molecule has 0 atom stereocenters. The Hall–Kier alpha value is -1.72. The number of nitrogens with one attached hydrogen (secondary N) is 1. The summed E-state index contributed by atoms with van der Waals surface area (Å²) in [5.74, 6) is 2.23. The molecule has 2 fully saturated rings. The number of rotatable bonds is 8. The molecule has 1 aromatic rings. The highest BCUT2D eigenvalue weighted by Crippen LogP contribution is 2.34. The molecule has 6 heteroatoms. The molecule has 1 aromatic carbocycles. The monoisotopic (exact) mass is 394 g/mol. The predicted molar refractivity (Wildman–Crippen MR) is 110 cm³/mol. The lowest BCUT2D eigenvalue weighted by Gasteiger charge is -2.33. The van der Waals surface area contributed by atoms with Crippen molar-refractivity contribution in [2.45, 2.75) is 38.1 Å². The summed E-state index contributed by atoms with van der Waals surface area (Å²) < 4.78 is 10.9. The third-order valence-corrected chi connectivity index (χ3v) is 5.34. The second kappa shape index (κ2) is 10.00. The summed E-state index contributed by atoms with van der Waals surface area (Å²) in [7, 11) is 3.21. The number of nitrogens with zero attached hydrogens (tertiary/aromatic N) is 1. The van der Waals surface area contributed by atoms with Gasteiger partial charge in [-0.25, -0.2) is 0 Å². The number of hydrogen-bond donors (Lipinski definition) is 1. The van der Waals surface area contributed by atoms with Crippen LogP contribution in [0.3, 0.4) is 0 Å². The van der Waals surface area contributed by atoms with Gasteiger partial charge in [0, 0.05) is 30.3 Å². The summed E-state index contributed by atoms with van der Waals surface area (Å²) in [6, 6.07) is 4.23. The van der Waals surface area contributed by atoms with E-state index in [1.807, 2.05) is 17.0 Å². The number of hydrogen-bond acceptors (Lipinski definition) is 4. The Kier molecular flexibility index (Phi) is 7.99. The van der Waals surface area contributed by atoms with Gasteiger partial charge in [0.05, 0.1) is 14.2 Å². The molecule has 1 saturated heterocycles. The van der Waals surface area contributed by atoms with Gasteiger partial charge < -0.3 is 19.7 Å². The summed E-state index contributed by atoms with van der Waals surface area (Å²) >= 11 is 0. The van der Waals surface area contributed by atoms with E-state index in [4.69, 9.17) is 9.47 Å². The lowest BCUT2D eigenvalue weighted by Crippen LogP contribution is -2.45. The number of allylic oxidation sites excluding steroid dienone is 1. The number of benzene rings is 1. The van der Waals surface area contributed by atoms with Crippen LogP contribution >= 0.6 is 12.4 Å². The Bertz CT molecular complexity index is 653. The van der Waals surface area contributed by atoms with E-state index in [9.17, 15) is 4.79 Å². The lowest BCUT2D eigenvalue weighted by molar-refractivity contribution is 0.0704. The second-order valence-corrected chi connectivity index (χ2v) is 7.28. The van der Waals surface area contributed by atoms with E-state index in [1.54, 1.807) is 20.3 Å². The maximum absolute atomic E-state index is 13.0. The van der Waals surface area contributed by atoms with Crippen molar-refractivity contribution < 1.29 is 14.3 Å². The van der Waals surface area contributed by atoms with E-state index in [0.29, 0.717) is 29.5 Å². The van der Waals surface area contributed by atoms with E-state index in [0.717, 1.165) is 44.0 Å². The summed E-state index contributed by atoms with van der Waals surface area (Å²) in [6.07, 6.45) is 7.22. The quantitative estimate of drug-likeness (QED) is 0.686. The fourth-order valence-electron chi connectivity index (χ4n) is 3.60. The first-order chi connectivity index (χ1) is 12.7. The average Bonchev–Trinajstić information content (AvgIpc) is 3.50. The Morgan fingerprint density at radius 1 is 1.22 bits per heavy atom. The molecule has 1 aliphatic carbocycles. The molecule has 0 bridgehead atoms. The van der Waals surface area contributed by atoms with Crippen molar-refractivity contribution in [3.05, 3.63) is 35.9 Å². The van der Waals surface area contributed by atoms with Crippen molar-refractivity contribution in [2.24, 2.45) is 5.92 Å². The van der Waals surface area contributed by atoms with Crippen molar-refractivity contribution in [3.63, 3.8) is 0 Å². The van der Waals surface area contributed by atoms with Gasteiger partial charge in [0.1, 0.15) is 0 Å². The smallest absolute Gasteiger partial charge is 0.254 e. The van der Waals surface area contributed by atoms with Crippen molar-refractivity contribution in [2.75, 3.05) is 33.9 Å². The topological polar surface area (TPSA) is 50.8 Å². The normalized spacial score (nSPS) is 17.2. The van der Waals surface area contributed by atoms with E-state index >= 15 is 0 Å². The van der Waals surface area contributed by atoms with Crippen LogP contribution in [0, 0.1) is 5.92 Å². The van der Waals surface area contributed by atoms with Gasteiger partial charge in [-0.2, -0.15) is 0 Å². The van der Waals surface area contributed by atoms with Crippen molar-refractivity contribution >= 4 is 18.3 Å². The fraction of sp³-hybridized carbons (Fsp3) is 0.571. The number of likely N-dealkylation sites (tertiary alicyclic amines) is 1. The summed E-state index contributed by atoms with van der Waals surface area (Å²) in [5.41, 5.74) is 1.58. The minimum absolute atomic E-state index is 0. The van der Waals surface area contributed by atoms with Gasteiger partial charge in [-0.3, -0.25) is 4.79 Å². The molecule has 2 aliphatic rings. The first-order valence-electron chi connectivity index (χ1n) is 9.54. The zero-order valence-corrected chi connectivity index (χ0v) is 17.1. The first kappa shape index (κ1) is 21.6. The molecule has 0 aromatic heterocycles. The third-order valence-electron chi connectivity index (χ3n) is 5.34. The molecule has 27 heavy (non-hydrogen) atoms. The number of piperidine rings is 1. The molecule has 5 nitrogen and oxygen atoms in total. The largest absolute Gasteiger partial charge is 0.493 e. The molecule has 0 unspecified atom stereocenters. The van der Waals surface area contributed by atoms with Gasteiger partial charge >= 0.3 is 0 Å². The van der Waals surface area contributed by atoms with Crippen LogP contribution in [0.25, 0.3) is 0 Å². The Morgan fingerprint density at radius 3 is 2.48 bits per heavy atom. The maximum atomic E-state index is 13.0. The minimum atomic E-state index is 0. The highest BCUT2D eigenvalue weighted by Gasteiger charge is 2.27. The zero-order chi connectivity index (χ0) is 18.5. The van der Waals surface area contributed by atoms with Crippen molar-refractivity contribution in [3.8, 4) is 11.5 Å². The molecule has 0 radical (unpaired) electrons. The number of ether oxygens (including phenoxy) is 2. The predicted octanol–water partition coefficient (Wildman–Crippen LogP) is 3.46. The van der Waals surface area contributed by atoms with Crippen molar-refractivity contribution in [1.29, 1.82) is 0 Å². The molecule has 0 spiro atoms. The summed E-state index contributed by atoms with van der Waals surface area (Å²) in [5, 5.41) is 3.66. The molecular weight excluding hydrogens is 364 g/mol. The lowest BCUT2D eigenvalue weighted by atomic mass is 10.0. The highest BCUT2D eigenvalue weighted by molar-refractivity contribution is 5.95. The minimum Gasteiger partial charge on any atom is -0.493 e. The number of carbonyl (C=O) groups excluding carboxylic acids is 1. The Labute approximate surface area is 168 Å². The third kappa shape index (κ3) is 5.39. The molecule has 150 valence electrons. The standard InChI is InChI=1S/C21H30N2O3.ClH/c1-4-5-16-12-17(13-19(25-2)20(16)26-3)21(24)23-10-8-18(9-11-23)22-14-15-6-7-15;/h4,12-13,15,18,22H,1,5-11,14H2,2-3H3;1H. The summed E-state index contributed by atoms with van der Waals surface area (Å²) in [4.78, 5) is 14.9. The van der Waals surface area contributed by atoms with Gasteiger partial charge in [-0.1, -0.05) is 6.08 Å². The number of amides is 1. The van der Waals surface area contributed by atoms with Crippen LogP contribution in [-0.2, 0) is 6.42 Å². The van der Waals surface area contributed by atoms with Crippen LogP contribution in [0.1, 0.15) is 41.6 Å². The zero-order valence-electron chi connectivity index (χ0n) is 16.3. The molecule has 3 rings (SSSR count). The molecule has 1 amide bonds. The molecule has 1 saturated carbocycles. The molecule has 1 heterocycles. The van der Waals surface area contributed by atoms with Gasteiger partial charge in [-0.15, -0.1) is 19.0 Å². The van der Waals surface area contributed by atoms with Crippen LogP contribution < -0.4 is 14.8 Å². The Morgan fingerprint density at radius 2 is 1.93 bits per heavy atom. The van der Waals surface area contributed by atoms with Crippen LogP contribution in [0.5, 0.6) is 11.5 Å².